The van der Waals surface area contributed by atoms with Crippen molar-refractivity contribution < 1.29 is 4.74 Å². The minimum absolute atomic E-state index is 0.824. The fourth-order valence-electron chi connectivity index (χ4n) is 3.46. The molecule has 0 aromatic heterocycles. The zero-order valence-corrected chi connectivity index (χ0v) is 14.8. The summed E-state index contributed by atoms with van der Waals surface area (Å²) in [6.07, 6.45) is 5.95. The molecule has 2 heterocycles. The number of ether oxygens (including phenoxy) is 1. The minimum Gasteiger partial charge on any atom is -0.493 e. The molecule has 3 rings (SSSR count). The van der Waals surface area contributed by atoms with Crippen molar-refractivity contribution in [2.45, 2.75) is 32.1 Å². The molecule has 0 aliphatic carbocycles. The molecule has 0 radical (unpaired) electrons. The highest BCUT2D eigenvalue weighted by Crippen LogP contribution is 2.25. The van der Waals surface area contributed by atoms with E-state index in [0.29, 0.717) is 0 Å². The summed E-state index contributed by atoms with van der Waals surface area (Å²) >= 11 is 0. The van der Waals surface area contributed by atoms with E-state index < -0.39 is 0 Å². The summed E-state index contributed by atoms with van der Waals surface area (Å²) in [5, 5.41) is 6.82. The Morgan fingerprint density at radius 3 is 2.88 bits per heavy atom. The number of rotatable bonds is 7. The van der Waals surface area contributed by atoms with Crippen molar-refractivity contribution >= 4 is 5.96 Å². The molecule has 2 N–H and O–H groups in total. The summed E-state index contributed by atoms with van der Waals surface area (Å²) < 4.78 is 5.56. The Bertz CT molecular complexity index is 552. The van der Waals surface area contributed by atoms with Gasteiger partial charge in [-0.1, -0.05) is 12.1 Å². The Hall–Kier alpha value is -1.75. The van der Waals surface area contributed by atoms with Crippen molar-refractivity contribution in [2.75, 3.05) is 46.4 Å². The number of benzene rings is 1. The Labute approximate surface area is 145 Å². The van der Waals surface area contributed by atoms with Crippen LogP contribution < -0.4 is 15.4 Å². The van der Waals surface area contributed by atoms with E-state index in [1.165, 1.54) is 50.0 Å². The van der Waals surface area contributed by atoms with Crippen LogP contribution in [-0.4, -0.2) is 57.2 Å². The number of aliphatic imine (C=N–C) groups is 1. The molecule has 132 valence electrons. The Morgan fingerprint density at radius 2 is 2.04 bits per heavy atom. The van der Waals surface area contributed by atoms with Crippen molar-refractivity contribution in [3.05, 3.63) is 29.3 Å². The molecule has 1 fully saturated rings. The third-order valence-electron chi connectivity index (χ3n) is 4.83. The predicted octanol–water partition coefficient (Wildman–Crippen LogP) is 1.81. The van der Waals surface area contributed by atoms with E-state index in [0.717, 1.165) is 44.2 Å². The van der Waals surface area contributed by atoms with Crippen LogP contribution in [0.2, 0.25) is 0 Å². The fraction of sp³-hybridized carbons (Fsp3) is 0.632. The third kappa shape index (κ3) is 4.87. The van der Waals surface area contributed by atoms with Crippen LogP contribution >= 0.6 is 0 Å². The maximum Gasteiger partial charge on any atom is 0.190 e. The summed E-state index contributed by atoms with van der Waals surface area (Å²) in [7, 11) is 1.84. The van der Waals surface area contributed by atoms with Gasteiger partial charge in [0.15, 0.2) is 5.96 Å². The smallest absolute Gasteiger partial charge is 0.190 e. The van der Waals surface area contributed by atoms with E-state index in [4.69, 9.17) is 4.74 Å². The lowest BCUT2D eigenvalue weighted by atomic mass is 10.1. The fourth-order valence-corrected chi connectivity index (χ4v) is 3.46. The number of hydrogen-bond acceptors (Lipinski definition) is 3. The molecule has 24 heavy (non-hydrogen) atoms. The number of hydrogen-bond donors (Lipinski definition) is 2. The zero-order valence-electron chi connectivity index (χ0n) is 14.8. The second-order valence-corrected chi connectivity index (χ2v) is 6.62. The van der Waals surface area contributed by atoms with Crippen molar-refractivity contribution in [2.24, 2.45) is 4.99 Å². The van der Waals surface area contributed by atoms with Crippen LogP contribution in [0, 0.1) is 0 Å². The molecule has 0 spiro atoms. The molecule has 0 atom stereocenters. The molecule has 0 saturated carbocycles. The summed E-state index contributed by atoms with van der Waals surface area (Å²) in [5.41, 5.74) is 2.70. The quantitative estimate of drug-likeness (QED) is 0.455. The molecule has 0 bridgehead atoms. The molecular formula is C19H30N4O. The average Bonchev–Trinajstić information content (AvgIpc) is 3.27. The first-order chi connectivity index (χ1) is 11.8. The first-order valence-corrected chi connectivity index (χ1v) is 9.26. The lowest BCUT2D eigenvalue weighted by molar-refractivity contribution is 0.334. The van der Waals surface area contributed by atoms with Gasteiger partial charge in [0, 0.05) is 26.6 Å². The van der Waals surface area contributed by atoms with E-state index in [9.17, 15) is 0 Å². The van der Waals surface area contributed by atoms with Crippen LogP contribution in [0.15, 0.2) is 23.2 Å². The van der Waals surface area contributed by atoms with Crippen molar-refractivity contribution in [1.82, 2.24) is 15.5 Å². The summed E-state index contributed by atoms with van der Waals surface area (Å²) in [5.74, 6) is 1.96. The SMILES string of the molecule is CN=C(NCCCN1CCCC1)NCCc1ccc2c(c1)CCO2. The number of nitrogens with zero attached hydrogens (tertiary/aromatic N) is 2. The summed E-state index contributed by atoms with van der Waals surface area (Å²) in [4.78, 5) is 6.86. The molecule has 5 heteroatoms. The van der Waals surface area contributed by atoms with Crippen molar-refractivity contribution in [3.8, 4) is 5.75 Å². The maximum absolute atomic E-state index is 5.56. The average molecular weight is 330 g/mol. The van der Waals surface area contributed by atoms with Gasteiger partial charge in [-0.05, 0) is 62.5 Å². The van der Waals surface area contributed by atoms with E-state index in [1.807, 2.05) is 7.05 Å². The van der Waals surface area contributed by atoms with Crippen LogP contribution in [0.1, 0.15) is 30.4 Å². The van der Waals surface area contributed by atoms with Gasteiger partial charge in [-0.3, -0.25) is 4.99 Å². The second kappa shape index (κ2) is 8.92. The first-order valence-electron chi connectivity index (χ1n) is 9.26. The van der Waals surface area contributed by atoms with Gasteiger partial charge >= 0.3 is 0 Å². The monoisotopic (exact) mass is 330 g/mol. The van der Waals surface area contributed by atoms with Crippen molar-refractivity contribution in [1.29, 1.82) is 0 Å². The van der Waals surface area contributed by atoms with E-state index >= 15 is 0 Å². The molecule has 2 aliphatic rings. The normalized spacial score (nSPS) is 17.6. The molecule has 1 aromatic carbocycles. The van der Waals surface area contributed by atoms with E-state index in [2.05, 4.69) is 38.7 Å². The van der Waals surface area contributed by atoms with Gasteiger partial charge in [0.1, 0.15) is 5.75 Å². The topological polar surface area (TPSA) is 48.9 Å². The highest BCUT2D eigenvalue weighted by atomic mass is 16.5. The number of likely N-dealkylation sites (tertiary alicyclic amines) is 1. The minimum atomic E-state index is 0.824. The standard InChI is InChI=1S/C19H30N4O/c1-20-19(21-9-4-13-23-11-2-3-12-23)22-10-7-16-5-6-18-17(15-16)8-14-24-18/h5-6,15H,2-4,7-14H2,1H3,(H2,20,21,22). The summed E-state index contributed by atoms with van der Waals surface area (Å²) in [6.45, 7) is 6.45. The van der Waals surface area contributed by atoms with Gasteiger partial charge in [0.2, 0.25) is 0 Å². The third-order valence-corrected chi connectivity index (χ3v) is 4.83. The van der Waals surface area contributed by atoms with Crippen LogP contribution in [-0.2, 0) is 12.8 Å². The number of nitrogens with one attached hydrogen (secondary N) is 2. The van der Waals surface area contributed by atoms with Gasteiger partial charge in [0.25, 0.3) is 0 Å². The molecule has 2 aliphatic heterocycles. The molecular weight excluding hydrogens is 300 g/mol. The summed E-state index contributed by atoms with van der Waals surface area (Å²) in [6, 6.07) is 6.54. The Balaban J connectivity index is 1.32. The van der Waals surface area contributed by atoms with Gasteiger partial charge in [-0.15, -0.1) is 0 Å². The molecule has 5 nitrogen and oxygen atoms in total. The predicted molar refractivity (Wildman–Crippen MR) is 99.0 cm³/mol. The van der Waals surface area contributed by atoms with Crippen LogP contribution in [0.5, 0.6) is 5.75 Å². The van der Waals surface area contributed by atoms with Crippen LogP contribution in [0.3, 0.4) is 0 Å². The van der Waals surface area contributed by atoms with Gasteiger partial charge in [-0.25, -0.2) is 0 Å². The van der Waals surface area contributed by atoms with Crippen molar-refractivity contribution in [3.63, 3.8) is 0 Å². The van der Waals surface area contributed by atoms with Crippen LogP contribution in [0.25, 0.3) is 0 Å². The second-order valence-electron chi connectivity index (χ2n) is 6.62. The molecule has 0 unspecified atom stereocenters. The van der Waals surface area contributed by atoms with Gasteiger partial charge in [0.05, 0.1) is 6.61 Å². The van der Waals surface area contributed by atoms with Gasteiger partial charge < -0.3 is 20.3 Å². The first kappa shape index (κ1) is 17.1. The van der Waals surface area contributed by atoms with Crippen LogP contribution in [0.4, 0.5) is 0 Å². The largest absolute Gasteiger partial charge is 0.493 e. The lowest BCUT2D eigenvalue weighted by Crippen LogP contribution is -2.39. The van der Waals surface area contributed by atoms with Gasteiger partial charge in [-0.2, -0.15) is 0 Å². The molecule has 1 aromatic rings. The number of guanidine groups is 1. The van der Waals surface area contributed by atoms with E-state index in [-0.39, 0.29) is 0 Å². The Kier molecular flexibility index (Phi) is 6.35. The lowest BCUT2D eigenvalue weighted by Gasteiger charge is -2.16. The zero-order chi connectivity index (χ0) is 16.6. The van der Waals surface area contributed by atoms with E-state index in [1.54, 1.807) is 0 Å². The highest BCUT2D eigenvalue weighted by Gasteiger charge is 2.12. The molecule has 0 amide bonds. The maximum atomic E-state index is 5.56. The number of fused-ring (bicyclic) bond motifs is 1. The Morgan fingerprint density at radius 1 is 1.21 bits per heavy atom. The highest BCUT2D eigenvalue weighted by molar-refractivity contribution is 5.79. The molecule has 1 saturated heterocycles.